The standard InChI is InChI=1S/C23H28N4O8S2.C6H15N/c1-5-6-12(13-10-36-14(25-13)7-15(28)35-23(2,3)4)18(29)26-16-19(30)27-17(21(31)32)11(8-34-22(24)33)9-37-20(16)27;1-5(2)7-6(3)4/h6,10,16,20H,5,7-9H2,1-4H3,(H2,24,33)(H,26,29)(H,31,32);5-7H,1-4H3/p-3. The van der Waals surface area contributed by atoms with Crippen LogP contribution in [0.1, 0.15) is 72.5 Å². The van der Waals surface area contributed by atoms with Crippen LogP contribution in [-0.2, 0) is 30.3 Å². The van der Waals surface area contributed by atoms with Gasteiger partial charge in [0.05, 0.1) is 23.8 Å². The number of carboxylic acid groups (broad SMARTS) is 1. The molecule has 1 fully saturated rings. The number of carboxylic acids is 1. The first-order chi connectivity index (χ1) is 20.4. The molecule has 0 radical (unpaired) electrons. The highest BCUT2D eigenvalue weighted by Crippen LogP contribution is 2.41. The molecule has 1 amide bonds. The Balaban J connectivity index is 0.000000860. The number of hydrogen-bond acceptors (Lipinski definition) is 14. The molecule has 0 aromatic carbocycles. The summed E-state index contributed by atoms with van der Waals surface area (Å²) in [6.07, 6.45) is 0.704. The van der Waals surface area contributed by atoms with Gasteiger partial charge in [0.1, 0.15) is 22.1 Å². The molecule has 2 aliphatic rings. The molecular formula is C29H40N5O8S2-3. The van der Waals surface area contributed by atoms with Crippen molar-refractivity contribution in [1.29, 1.82) is 5.41 Å². The highest BCUT2D eigenvalue weighted by Gasteiger charge is 2.52. The third-order valence-corrected chi connectivity index (χ3v) is 7.87. The molecule has 13 nitrogen and oxygen atoms in total. The number of thiazole rings is 1. The number of hydrogen-bond donors (Lipinski definition) is 2. The lowest BCUT2D eigenvalue weighted by atomic mass is 10.0. The number of amides is 1. The van der Waals surface area contributed by atoms with Crippen LogP contribution in [0.15, 0.2) is 27.7 Å². The fourth-order valence-corrected chi connectivity index (χ4v) is 6.38. The second kappa shape index (κ2) is 16.0. The summed E-state index contributed by atoms with van der Waals surface area (Å²) in [7, 11) is 0. The highest BCUT2D eigenvalue weighted by molar-refractivity contribution is 8.00. The normalized spacial score (nSPS) is 18.9. The summed E-state index contributed by atoms with van der Waals surface area (Å²) in [5, 5.41) is 47.0. The minimum absolute atomic E-state index is 0.0579. The maximum atomic E-state index is 13.1. The van der Waals surface area contributed by atoms with E-state index in [4.69, 9.17) is 10.1 Å². The van der Waals surface area contributed by atoms with Gasteiger partial charge in [-0.25, -0.2) is 4.98 Å². The van der Waals surface area contributed by atoms with Crippen molar-refractivity contribution in [3.05, 3.63) is 33.4 Å². The molecule has 2 aliphatic heterocycles. The third-order valence-electron chi connectivity index (χ3n) is 5.69. The molecule has 3 heterocycles. The van der Waals surface area contributed by atoms with E-state index in [1.54, 1.807) is 32.2 Å². The lowest BCUT2D eigenvalue weighted by Gasteiger charge is -2.50. The van der Waals surface area contributed by atoms with Crippen LogP contribution in [0.4, 0.5) is 0 Å². The van der Waals surface area contributed by atoms with Gasteiger partial charge in [-0.3, -0.25) is 24.9 Å². The molecule has 44 heavy (non-hydrogen) atoms. The van der Waals surface area contributed by atoms with Crippen LogP contribution >= 0.6 is 23.1 Å². The van der Waals surface area contributed by atoms with Crippen LogP contribution in [-0.4, -0.2) is 81.2 Å². The number of β-lactam (4-membered cyclic amide) rings is 1. The van der Waals surface area contributed by atoms with Gasteiger partial charge < -0.3 is 34.9 Å². The number of thioether (sulfide) groups is 1. The lowest BCUT2D eigenvalue weighted by Crippen LogP contribution is -2.65. The number of aliphatic carboxylic acids is 1. The van der Waals surface area contributed by atoms with E-state index in [1.807, 2.05) is 6.92 Å². The SMILES string of the molecule is CC(C)NC(C)C.CCC=C(C([O-])=NC1C(=O)N2C(C(=O)[O-])=C(COC(=N)[O-])CSC12)c1csc(CC(=O)OC(C)(C)C)n1. The molecular weight excluding hydrogens is 610 g/mol. The first-order valence-corrected chi connectivity index (χ1v) is 16.0. The molecule has 0 aliphatic carbocycles. The Morgan fingerprint density at radius 3 is 2.36 bits per heavy atom. The first kappa shape index (κ1) is 36.8. The van der Waals surface area contributed by atoms with Crippen LogP contribution in [0.25, 0.3) is 5.57 Å². The number of carbonyl (C=O) groups excluding carboxylic acids is 3. The lowest BCUT2D eigenvalue weighted by molar-refractivity contribution is -0.301. The zero-order valence-corrected chi connectivity index (χ0v) is 27.8. The van der Waals surface area contributed by atoms with Crippen molar-refractivity contribution in [2.24, 2.45) is 4.99 Å². The Kier molecular flexibility index (Phi) is 13.4. The number of nitrogens with zero attached hydrogens (tertiary/aromatic N) is 3. The largest absolute Gasteiger partial charge is 0.858 e. The highest BCUT2D eigenvalue weighted by atomic mass is 32.2. The summed E-state index contributed by atoms with van der Waals surface area (Å²) < 4.78 is 9.86. The van der Waals surface area contributed by atoms with Crippen molar-refractivity contribution in [3.8, 4) is 0 Å². The van der Waals surface area contributed by atoms with Crippen LogP contribution in [0.3, 0.4) is 0 Å². The van der Waals surface area contributed by atoms with E-state index in [2.05, 4.69) is 47.7 Å². The molecule has 1 saturated heterocycles. The molecule has 3 rings (SSSR count). The van der Waals surface area contributed by atoms with Crippen LogP contribution in [0, 0.1) is 5.41 Å². The van der Waals surface area contributed by atoms with Crippen molar-refractivity contribution >= 4 is 58.5 Å². The van der Waals surface area contributed by atoms with Crippen molar-refractivity contribution in [2.45, 2.75) is 97.3 Å². The van der Waals surface area contributed by atoms with Gasteiger partial charge >= 0.3 is 5.97 Å². The monoisotopic (exact) mass is 650 g/mol. The number of carbonyl (C=O) groups is 3. The Labute approximate surface area is 266 Å². The van der Waals surface area contributed by atoms with Gasteiger partial charge in [-0.2, -0.15) is 0 Å². The Morgan fingerprint density at radius 1 is 1.23 bits per heavy atom. The minimum Gasteiger partial charge on any atom is -0.858 e. The summed E-state index contributed by atoms with van der Waals surface area (Å²) in [5.74, 6) is -3.40. The molecule has 0 spiro atoms. The number of ether oxygens (including phenoxy) is 2. The molecule has 2 unspecified atom stereocenters. The van der Waals surface area contributed by atoms with Gasteiger partial charge in [0.2, 0.25) is 0 Å². The number of allylic oxidation sites excluding steroid dienone is 1. The molecule has 2 N–H and O–H groups in total. The number of rotatable bonds is 11. The number of nitrogens with one attached hydrogen (secondary N) is 2. The van der Waals surface area contributed by atoms with Crippen molar-refractivity contribution in [3.63, 3.8) is 0 Å². The van der Waals surface area contributed by atoms with E-state index in [1.165, 1.54) is 11.3 Å². The summed E-state index contributed by atoms with van der Waals surface area (Å²) in [5.41, 5.74) is -0.483. The minimum atomic E-state index is -1.63. The second-order valence-corrected chi connectivity index (χ2v) is 13.5. The fourth-order valence-electron chi connectivity index (χ4n) is 4.29. The van der Waals surface area contributed by atoms with Gasteiger partial charge in [-0.1, -0.05) is 40.7 Å². The number of aliphatic imine (C=N–C) groups is 1. The molecule has 2 atom stereocenters. The fraction of sp³-hybridized carbons (Fsp3) is 0.586. The summed E-state index contributed by atoms with van der Waals surface area (Å²) in [4.78, 5) is 46.0. The molecule has 244 valence electrons. The second-order valence-electron chi connectivity index (χ2n) is 11.5. The molecule has 15 heteroatoms. The topological polar surface area (TPSA) is 203 Å². The summed E-state index contributed by atoms with van der Waals surface area (Å²) >= 11 is 2.35. The van der Waals surface area contributed by atoms with E-state index < -0.39 is 59.1 Å². The van der Waals surface area contributed by atoms with E-state index in [-0.39, 0.29) is 23.3 Å². The average Bonchev–Trinajstić information content (AvgIpc) is 3.34. The van der Waals surface area contributed by atoms with E-state index >= 15 is 0 Å². The maximum absolute atomic E-state index is 13.1. The smallest absolute Gasteiger partial charge is 0.313 e. The van der Waals surface area contributed by atoms with Gasteiger partial charge in [0, 0.05) is 35.4 Å². The van der Waals surface area contributed by atoms with Gasteiger partial charge in [0.25, 0.3) is 5.91 Å². The van der Waals surface area contributed by atoms with E-state index in [9.17, 15) is 29.7 Å². The Hall–Kier alpha value is -3.43. The summed E-state index contributed by atoms with van der Waals surface area (Å²) in [6, 6.07) is 0.132. The Bertz CT molecular complexity index is 1310. The van der Waals surface area contributed by atoms with Crippen molar-refractivity contribution in [2.75, 3.05) is 12.4 Å². The van der Waals surface area contributed by atoms with Gasteiger partial charge in [-0.15, -0.1) is 23.1 Å². The molecule has 0 saturated carbocycles. The number of esters is 1. The molecule has 1 aromatic heterocycles. The predicted molar refractivity (Wildman–Crippen MR) is 163 cm³/mol. The third kappa shape index (κ3) is 10.6. The van der Waals surface area contributed by atoms with Crippen molar-refractivity contribution < 1.29 is 39.2 Å². The van der Waals surface area contributed by atoms with Crippen LogP contribution < -0.4 is 20.6 Å². The van der Waals surface area contributed by atoms with Crippen LogP contribution in [0.2, 0.25) is 0 Å². The number of aromatic nitrogens is 1. The van der Waals surface area contributed by atoms with Gasteiger partial charge in [-0.05, 0) is 38.7 Å². The van der Waals surface area contributed by atoms with Crippen molar-refractivity contribution in [1.82, 2.24) is 15.2 Å². The Morgan fingerprint density at radius 2 is 1.86 bits per heavy atom. The zero-order chi connectivity index (χ0) is 33.4. The van der Waals surface area contributed by atoms with E-state index in [0.29, 0.717) is 29.2 Å². The first-order valence-electron chi connectivity index (χ1n) is 14.1. The predicted octanol–water partition coefficient (Wildman–Crippen LogP) is 0.572. The average molecular weight is 651 g/mol. The molecule has 0 bridgehead atoms. The van der Waals surface area contributed by atoms with Gasteiger partial charge in [0.15, 0.2) is 6.04 Å². The zero-order valence-electron chi connectivity index (χ0n) is 26.2. The van der Waals surface area contributed by atoms with E-state index in [0.717, 1.165) is 16.7 Å². The molecule has 1 aromatic rings. The van der Waals surface area contributed by atoms with Crippen LogP contribution in [0.5, 0.6) is 0 Å². The summed E-state index contributed by atoms with van der Waals surface area (Å²) in [6.45, 7) is 15.2. The maximum Gasteiger partial charge on any atom is 0.313 e. The number of fused-ring (bicyclic) bond motifs is 1. The quantitative estimate of drug-likeness (QED) is 0.147.